The molecule has 1 N–H and O–H groups in total. The van der Waals surface area contributed by atoms with Crippen molar-refractivity contribution in [3.63, 3.8) is 0 Å². The van der Waals surface area contributed by atoms with Gasteiger partial charge in [-0.1, -0.05) is 12.1 Å². The molecule has 1 aromatic carbocycles. The summed E-state index contributed by atoms with van der Waals surface area (Å²) in [6.45, 7) is 2.60. The molecule has 1 saturated heterocycles. The summed E-state index contributed by atoms with van der Waals surface area (Å²) in [5.41, 5.74) is 1.58. The average Bonchev–Trinajstić information content (AvgIpc) is 2.63. The van der Waals surface area contributed by atoms with Gasteiger partial charge in [-0.3, -0.25) is 0 Å². The molecule has 5 heteroatoms. The molecule has 2 aromatic rings. The van der Waals surface area contributed by atoms with Gasteiger partial charge in [-0.25, -0.2) is 9.37 Å². The Labute approximate surface area is 147 Å². The van der Waals surface area contributed by atoms with Crippen molar-refractivity contribution < 1.29 is 13.9 Å². The number of ether oxygens (including phenoxy) is 2. The molecule has 132 valence electrons. The van der Waals surface area contributed by atoms with E-state index in [2.05, 4.69) is 10.3 Å². The number of rotatable bonds is 5. The molecule has 1 unspecified atom stereocenters. The van der Waals surface area contributed by atoms with Crippen molar-refractivity contribution >= 4 is 0 Å². The number of hydrogen-bond donors (Lipinski definition) is 1. The Morgan fingerprint density at radius 2 is 2.08 bits per heavy atom. The minimum absolute atomic E-state index is 0.319. The summed E-state index contributed by atoms with van der Waals surface area (Å²) in [5.74, 6) is 0.606. The highest BCUT2D eigenvalue weighted by molar-refractivity contribution is 5.28. The van der Waals surface area contributed by atoms with E-state index in [-0.39, 0.29) is 5.82 Å². The van der Waals surface area contributed by atoms with Crippen molar-refractivity contribution in [3.8, 4) is 11.6 Å². The fourth-order valence-corrected chi connectivity index (χ4v) is 3.86. The van der Waals surface area contributed by atoms with Gasteiger partial charge in [0.25, 0.3) is 0 Å². The lowest BCUT2D eigenvalue weighted by atomic mass is 9.60. The van der Waals surface area contributed by atoms with Gasteiger partial charge in [0, 0.05) is 44.1 Å². The van der Waals surface area contributed by atoms with Crippen molar-refractivity contribution in [2.75, 3.05) is 13.2 Å². The molecule has 2 aliphatic rings. The van der Waals surface area contributed by atoms with E-state index in [0.29, 0.717) is 23.1 Å². The maximum Gasteiger partial charge on any atom is 0.219 e. The first-order valence-corrected chi connectivity index (χ1v) is 8.93. The van der Waals surface area contributed by atoms with Crippen LogP contribution >= 0.6 is 0 Å². The van der Waals surface area contributed by atoms with Crippen LogP contribution in [0.3, 0.4) is 0 Å². The first-order valence-electron chi connectivity index (χ1n) is 8.93. The SMILES string of the molecule is Fc1cccc(Oc2ccc(CNC3CCC34CCOCC4)cn2)c1. The molecule has 2 fully saturated rings. The Kier molecular flexibility index (Phi) is 4.68. The van der Waals surface area contributed by atoms with Crippen LogP contribution in [0.25, 0.3) is 0 Å². The number of aromatic nitrogens is 1. The van der Waals surface area contributed by atoms with Crippen LogP contribution in [-0.4, -0.2) is 24.2 Å². The fourth-order valence-electron chi connectivity index (χ4n) is 3.86. The summed E-state index contributed by atoms with van der Waals surface area (Å²) >= 11 is 0. The molecule has 1 aliphatic carbocycles. The molecule has 1 aromatic heterocycles. The van der Waals surface area contributed by atoms with Gasteiger partial charge in [-0.05, 0) is 48.8 Å². The Bertz CT molecular complexity index is 714. The monoisotopic (exact) mass is 342 g/mol. The molecular formula is C20H23FN2O2. The maximum atomic E-state index is 13.2. The zero-order valence-electron chi connectivity index (χ0n) is 14.2. The maximum absolute atomic E-state index is 13.2. The van der Waals surface area contributed by atoms with Gasteiger partial charge in [-0.2, -0.15) is 0 Å². The van der Waals surface area contributed by atoms with Crippen LogP contribution in [0.15, 0.2) is 42.6 Å². The second kappa shape index (κ2) is 7.10. The van der Waals surface area contributed by atoms with E-state index in [4.69, 9.17) is 9.47 Å². The van der Waals surface area contributed by atoms with E-state index in [1.165, 1.54) is 37.8 Å². The zero-order valence-corrected chi connectivity index (χ0v) is 14.2. The van der Waals surface area contributed by atoms with Crippen LogP contribution in [-0.2, 0) is 11.3 Å². The normalized spacial score (nSPS) is 21.7. The Hall–Kier alpha value is -1.98. The number of nitrogens with one attached hydrogen (secondary N) is 1. The minimum Gasteiger partial charge on any atom is -0.439 e. The molecular weight excluding hydrogens is 319 g/mol. The summed E-state index contributed by atoms with van der Waals surface area (Å²) in [7, 11) is 0. The van der Waals surface area contributed by atoms with Crippen molar-refractivity contribution in [2.45, 2.75) is 38.3 Å². The smallest absolute Gasteiger partial charge is 0.219 e. The number of benzene rings is 1. The van der Waals surface area contributed by atoms with Crippen molar-refractivity contribution in [1.82, 2.24) is 10.3 Å². The molecule has 1 saturated carbocycles. The average molecular weight is 342 g/mol. The lowest BCUT2D eigenvalue weighted by Crippen LogP contribution is -2.55. The fraction of sp³-hybridized carbons (Fsp3) is 0.450. The van der Waals surface area contributed by atoms with Gasteiger partial charge in [0.15, 0.2) is 0 Å². The van der Waals surface area contributed by atoms with Crippen molar-refractivity contribution in [3.05, 3.63) is 54.0 Å². The predicted octanol–water partition coefficient (Wildman–Crippen LogP) is 4.06. The molecule has 0 radical (unpaired) electrons. The molecule has 1 spiro atoms. The molecule has 0 bridgehead atoms. The topological polar surface area (TPSA) is 43.4 Å². The second-order valence-electron chi connectivity index (χ2n) is 7.01. The molecule has 2 heterocycles. The molecule has 25 heavy (non-hydrogen) atoms. The van der Waals surface area contributed by atoms with E-state index >= 15 is 0 Å². The Morgan fingerprint density at radius 1 is 1.20 bits per heavy atom. The molecule has 1 aliphatic heterocycles. The van der Waals surface area contributed by atoms with E-state index in [1.54, 1.807) is 12.1 Å². The first-order chi connectivity index (χ1) is 12.2. The largest absolute Gasteiger partial charge is 0.439 e. The van der Waals surface area contributed by atoms with Crippen LogP contribution in [0.2, 0.25) is 0 Å². The predicted molar refractivity (Wildman–Crippen MR) is 93.1 cm³/mol. The summed E-state index contributed by atoms with van der Waals surface area (Å²) in [5, 5.41) is 3.69. The summed E-state index contributed by atoms with van der Waals surface area (Å²) in [6, 6.07) is 10.5. The second-order valence-corrected chi connectivity index (χ2v) is 7.01. The van der Waals surface area contributed by atoms with Crippen LogP contribution in [0, 0.1) is 11.2 Å². The zero-order chi connectivity index (χ0) is 17.1. The Morgan fingerprint density at radius 3 is 2.76 bits per heavy atom. The molecule has 4 rings (SSSR count). The third kappa shape index (κ3) is 3.67. The summed E-state index contributed by atoms with van der Waals surface area (Å²) < 4.78 is 24.3. The number of pyridine rings is 1. The number of halogens is 1. The first kappa shape index (κ1) is 16.5. The van der Waals surface area contributed by atoms with Crippen LogP contribution < -0.4 is 10.1 Å². The number of hydrogen-bond acceptors (Lipinski definition) is 4. The van der Waals surface area contributed by atoms with E-state index in [1.807, 2.05) is 18.3 Å². The van der Waals surface area contributed by atoms with Gasteiger partial charge >= 0.3 is 0 Å². The van der Waals surface area contributed by atoms with Gasteiger partial charge in [-0.15, -0.1) is 0 Å². The lowest BCUT2D eigenvalue weighted by molar-refractivity contribution is -0.0552. The van der Waals surface area contributed by atoms with Gasteiger partial charge in [0.05, 0.1) is 0 Å². The number of nitrogens with zero attached hydrogens (tertiary/aromatic N) is 1. The highest BCUT2D eigenvalue weighted by Crippen LogP contribution is 2.48. The third-order valence-corrected chi connectivity index (χ3v) is 5.53. The van der Waals surface area contributed by atoms with Crippen molar-refractivity contribution in [2.24, 2.45) is 5.41 Å². The molecule has 1 atom stereocenters. The van der Waals surface area contributed by atoms with Gasteiger partial charge < -0.3 is 14.8 Å². The highest BCUT2D eigenvalue weighted by Gasteiger charge is 2.46. The lowest BCUT2D eigenvalue weighted by Gasteiger charge is -2.52. The van der Waals surface area contributed by atoms with Crippen molar-refractivity contribution in [1.29, 1.82) is 0 Å². The van der Waals surface area contributed by atoms with Gasteiger partial charge in [0.1, 0.15) is 11.6 Å². The Balaban J connectivity index is 1.32. The van der Waals surface area contributed by atoms with E-state index in [0.717, 1.165) is 25.3 Å². The standard InChI is InChI=1S/C20H23FN2O2/c21-16-2-1-3-17(12-16)25-19-5-4-15(14-23-19)13-22-18-6-7-20(18)8-10-24-11-9-20/h1-5,12,14,18,22H,6-11,13H2. The molecule has 4 nitrogen and oxygen atoms in total. The van der Waals surface area contributed by atoms with Crippen LogP contribution in [0.5, 0.6) is 11.6 Å². The quantitative estimate of drug-likeness (QED) is 0.890. The van der Waals surface area contributed by atoms with Crippen LogP contribution in [0.4, 0.5) is 4.39 Å². The minimum atomic E-state index is -0.319. The van der Waals surface area contributed by atoms with Crippen LogP contribution in [0.1, 0.15) is 31.2 Å². The van der Waals surface area contributed by atoms with Gasteiger partial charge in [0.2, 0.25) is 5.88 Å². The summed E-state index contributed by atoms with van der Waals surface area (Å²) in [4.78, 5) is 4.32. The van der Waals surface area contributed by atoms with E-state index < -0.39 is 0 Å². The highest BCUT2D eigenvalue weighted by atomic mass is 19.1. The van der Waals surface area contributed by atoms with E-state index in [9.17, 15) is 4.39 Å². The molecule has 0 amide bonds. The summed E-state index contributed by atoms with van der Waals surface area (Å²) in [6.07, 6.45) is 6.71. The third-order valence-electron chi connectivity index (χ3n) is 5.53.